The van der Waals surface area contributed by atoms with E-state index < -0.39 is 5.85 Å². The van der Waals surface area contributed by atoms with Gasteiger partial charge in [-0.05, 0) is 28.7 Å². The highest BCUT2D eigenvalue weighted by Gasteiger charge is 2.09. The van der Waals surface area contributed by atoms with E-state index in [0.29, 0.717) is 5.88 Å². The zero-order chi connectivity index (χ0) is 8.20. The Bertz CT molecular complexity index is 169. The Kier molecular flexibility index (Phi) is 5.54. The van der Waals surface area contributed by atoms with Gasteiger partial charge in [-0.15, -0.1) is 23.4 Å². The molecule has 0 aliphatic rings. The third-order valence-electron chi connectivity index (χ3n) is 0.688. The van der Waals surface area contributed by atoms with E-state index in [2.05, 4.69) is 0 Å². The Morgan fingerprint density at radius 2 is 2.20 bits per heavy atom. The molecule has 0 saturated heterocycles. The second-order valence-electron chi connectivity index (χ2n) is 1.44. The van der Waals surface area contributed by atoms with Gasteiger partial charge >= 0.3 is 0 Å². The summed E-state index contributed by atoms with van der Waals surface area (Å²) in [5.74, 6) is -1.48. The second kappa shape index (κ2) is 4.95. The van der Waals surface area contributed by atoms with Crippen molar-refractivity contribution in [1.29, 1.82) is 0 Å². The Balaban J connectivity index is 4.26. The first-order valence-electron chi connectivity index (χ1n) is 2.30. The molecule has 0 aromatic rings. The van der Waals surface area contributed by atoms with E-state index >= 15 is 0 Å². The fourth-order valence-electron chi connectivity index (χ4n) is 0.309. The zero-order valence-electron chi connectivity index (χ0n) is 5.18. The molecule has 0 aromatic heterocycles. The van der Waals surface area contributed by atoms with Gasteiger partial charge in [0.1, 0.15) is 0 Å². The zero-order valence-corrected chi connectivity index (χ0v) is 9.16. The predicted octanol–water partition coefficient (Wildman–Crippen LogP) is 4.10. The molecule has 0 fully saturated rings. The van der Waals surface area contributed by atoms with Crippen LogP contribution in [0, 0.1) is 0 Å². The van der Waals surface area contributed by atoms with Gasteiger partial charge in [-0.2, -0.15) is 0 Å². The molecule has 0 atom stereocenters. The van der Waals surface area contributed by atoms with Crippen molar-refractivity contribution in [3.05, 3.63) is 10.7 Å². The molecule has 0 amide bonds. The quantitative estimate of drug-likeness (QED) is 0.545. The van der Waals surface area contributed by atoms with Crippen molar-refractivity contribution < 1.29 is 4.57 Å². The molecular formula is C4H6Cl3OPS. The van der Waals surface area contributed by atoms with Crippen LogP contribution in [-0.4, -0.2) is 12.1 Å². The number of halogens is 3. The monoisotopic (exact) mass is 238 g/mol. The van der Waals surface area contributed by atoms with Crippen molar-refractivity contribution in [2.24, 2.45) is 0 Å². The van der Waals surface area contributed by atoms with Crippen molar-refractivity contribution >= 4 is 51.7 Å². The molecular weight excluding hydrogens is 233 g/mol. The lowest BCUT2D eigenvalue weighted by atomic mass is 10.7. The number of alkyl halides is 1. The molecule has 10 heavy (non-hydrogen) atoms. The van der Waals surface area contributed by atoms with Gasteiger partial charge in [-0.3, -0.25) is 4.57 Å². The minimum Gasteiger partial charge on any atom is -0.285 e. The smallest absolute Gasteiger partial charge is 0.275 e. The van der Waals surface area contributed by atoms with Gasteiger partial charge in [-0.1, -0.05) is 0 Å². The number of hydrogen-bond donors (Lipinski definition) is 0. The summed E-state index contributed by atoms with van der Waals surface area (Å²) < 4.78 is 10.7. The molecule has 0 saturated carbocycles. The molecule has 0 aromatic carbocycles. The van der Waals surface area contributed by atoms with Gasteiger partial charge in [0.2, 0.25) is 0 Å². The maximum atomic E-state index is 10.7. The van der Waals surface area contributed by atoms with Crippen LogP contribution in [0.25, 0.3) is 0 Å². The van der Waals surface area contributed by atoms with Crippen LogP contribution in [0.2, 0.25) is 0 Å². The minimum atomic E-state index is -3.08. The highest BCUT2D eigenvalue weighted by Crippen LogP contribution is 2.59. The van der Waals surface area contributed by atoms with E-state index in [4.69, 9.17) is 34.1 Å². The summed E-state index contributed by atoms with van der Waals surface area (Å²) in [7, 11) is 0. The van der Waals surface area contributed by atoms with E-state index in [1.807, 2.05) is 6.26 Å². The maximum Gasteiger partial charge on any atom is 0.275 e. The van der Waals surface area contributed by atoms with Crippen LogP contribution in [0.4, 0.5) is 0 Å². The fraction of sp³-hybridized carbons (Fsp3) is 0.500. The van der Waals surface area contributed by atoms with Crippen LogP contribution in [0.1, 0.15) is 0 Å². The lowest BCUT2D eigenvalue weighted by Gasteiger charge is -1.97. The highest BCUT2D eigenvalue weighted by molar-refractivity contribution is 8.11. The standard InChI is InChI=1S/C4H6Cl3OPS/c1-10-4(2-5)3-9(6,7)8/h3H,2H2,1H3/b4-3-. The second-order valence-corrected chi connectivity index (χ2v) is 7.43. The van der Waals surface area contributed by atoms with E-state index in [0.717, 1.165) is 4.91 Å². The van der Waals surface area contributed by atoms with E-state index in [9.17, 15) is 4.57 Å². The molecule has 0 unspecified atom stereocenters. The number of thioether (sulfide) groups is 1. The lowest BCUT2D eigenvalue weighted by molar-refractivity contribution is 0.597. The third kappa shape index (κ3) is 5.94. The number of allylic oxidation sites excluding steroid dienone is 1. The molecule has 60 valence electrons. The van der Waals surface area contributed by atoms with Crippen LogP contribution in [-0.2, 0) is 4.57 Å². The summed E-state index contributed by atoms with van der Waals surface area (Å²) in [6, 6.07) is 0. The number of rotatable bonds is 3. The number of hydrogen-bond acceptors (Lipinski definition) is 2. The van der Waals surface area contributed by atoms with Crippen LogP contribution in [0.15, 0.2) is 10.7 Å². The molecule has 6 heteroatoms. The Morgan fingerprint density at radius 1 is 1.70 bits per heavy atom. The SMILES string of the molecule is CS/C(=C\P(=O)(Cl)Cl)CCl. The maximum absolute atomic E-state index is 10.7. The van der Waals surface area contributed by atoms with Crippen molar-refractivity contribution in [2.45, 2.75) is 0 Å². The van der Waals surface area contributed by atoms with Gasteiger partial charge in [-0.25, -0.2) is 0 Å². The summed E-state index contributed by atoms with van der Waals surface area (Å²) in [5.41, 5.74) is 0. The highest BCUT2D eigenvalue weighted by atomic mass is 35.9. The van der Waals surface area contributed by atoms with Crippen LogP contribution >= 0.6 is 51.7 Å². The van der Waals surface area contributed by atoms with Gasteiger partial charge in [0.25, 0.3) is 5.85 Å². The molecule has 0 heterocycles. The molecule has 0 rings (SSSR count). The summed E-state index contributed by atoms with van der Waals surface area (Å²) in [6.45, 7) is 0. The topological polar surface area (TPSA) is 17.1 Å². The van der Waals surface area contributed by atoms with E-state index in [1.54, 1.807) is 0 Å². The first kappa shape index (κ1) is 11.2. The van der Waals surface area contributed by atoms with Crippen molar-refractivity contribution in [3.8, 4) is 0 Å². The molecule has 1 nitrogen and oxygen atoms in total. The normalized spacial score (nSPS) is 13.8. The Hall–Kier alpha value is 1.19. The Morgan fingerprint density at radius 3 is 2.30 bits per heavy atom. The first-order chi connectivity index (χ1) is 4.49. The Labute approximate surface area is 79.1 Å². The average molecular weight is 239 g/mol. The van der Waals surface area contributed by atoms with Crippen LogP contribution < -0.4 is 0 Å². The summed E-state index contributed by atoms with van der Waals surface area (Å²) in [6.07, 6.45) is 1.82. The lowest BCUT2D eigenvalue weighted by Crippen LogP contribution is -1.73. The fourth-order valence-corrected chi connectivity index (χ4v) is 3.28. The summed E-state index contributed by atoms with van der Waals surface area (Å²) in [4.78, 5) is 0.731. The summed E-state index contributed by atoms with van der Waals surface area (Å²) in [5, 5.41) is 0. The third-order valence-corrected chi connectivity index (χ3v) is 3.29. The summed E-state index contributed by atoms with van der Waals surface area (Å²) >= 11 is 17.3. The van der Waals surface area contributed by atoms with Gasteiger partial charge in [0.15, 0.2) is 0 Å². The van der Waals surface area contributed by atoms with Crippen molar-refractivity contribution in [2.75, 3.05) is 12.1 Å². The largest absolute Gasteiger partial charge is 0.285 e. The molecule has 0 N–H and O–H groups in total. The molecule has 0 aliphatic carbocycles. The van der Waals surface area contributed by atoms with Gasteiger partial charge < -0.3 is 0 Å². The van der Waals surface area contributed by atoms with Gasteiger partial charge in [0, 0.05) is 10.7 Å². The molecule has 0 aliphatic heterocycles. The molecule has 0 spiro atoms. The predicted molar refractivity (Wildman–Crippen MR) is 51.6 cm³/mol. The van der Waals surface area contributed by atoms with Crippen LogP contribution in [0.5, 0.6) is 0 Å². The van der Waals surface area contributed by atoms with Crippen LogP contribution in [0.3, 0.4) is 0 Å². The first-order valence-corrected chi connectivity index (χ1v) is 7.65. The molecule has 0 bridgehead atoms. The van der Waals surface area contributed by atoms with E-state index in [-0.39, 0.29) is 0 Å². The average Bonchev–Trinajstić information content (AvgIpc) is 1.81. The van der Waals surface area contributed by atoms with Crippen molar-refractivity contribution in [3.63, 3.8) is 0 Å². The van der Waals surface area contributed by atoms with Crippen molar-refractivity contribution in [1.82, 2.24) is 0 Å². The molecule has 0 radical (unpaired) electrons. The minimum absolute atomic E-state index is 0.296. The van der Waals surface area contributed by atoms with Gasteiger partial charge in [0.05, 0.1) is 5.88 Å². The van der Waals surface area contributed by atoms with E-state index in [1.165, 1.54) is 17.6 Å².